The van der Waals surface area contributed by atoms with Gasteiger partial charge in [-0.25, -0.2) is 9.89 Å². The van der Waals surface area contributed by atoms with E-state index in [0.717, 1.165) is 11.3 Å². The minimum absolute atomic E-state index is 0.110. The molecule has 0 radical (unpaired) electrons. The van der Waals surface area contributed by atoms with E-state index < -0.39 is 6.04 Å². The van der Waals surface area contributed by atoms with Gasteiger partial charge in [0.05, 0.1) is 11.4 Å². The maximum Gasteiger partial charge on any atom is 0.258 e. The molecule has 0 fully saturated rings. The first kappa shape index (κ1) is 17.8. The van der Waals surface area contributed by atoms with Crippen molar-refractivity contribution in [3.05, 3.63) is 59.1 Å². The van der Waals surface area contributed by atoms with Gasteiger partial charge in [-0.2, -0.15) is 0 Å². The highest BCUT2D eigenvalue weighted by Gasteiger charge is 2.39. The smallest absolute Gasteiger partial charge is 0.258 e. The molecule has 136 valence electrons. The molecule has 0 saturated carbocycles. The molecule has 0 spiro atoms. The molecule has 2 aromatic rings. The summed E-state index contributed by atoms with van der Waals surface area (Å²) in [4.78, 5) is 35.4. The maximum absolute atomic E-state index is 12.5. The molecule has 0 unspecified atom stereocenters. The SMILES string of the molecule is C[C@@H]1N=C2c3ccccc3N=C(SCC(=O)Nc3cccc(Cl)c3)N2C1=O. The first-order valence-electron chi connectivity index (χ1n) is 8.31. The molecule has 1 atom stereocenters. The number of nitrogens with one attached hydrogen (secondary N) is 1. The van der Waals surface area contributed by atoms with E-state index in [1.54, 1.807) is 31.2 Å². The predicted molar refractivity (Wildman–Crippen MR) is 109 cm³/mol. The molecule has 0 bridgehead atoms. The van der Waals surface area contributed by atoms with E-state index in [0.29, 0.717) is 21.7 Å². The van der Waals surface area contributed by atoms with Crippen LogP contribution in [0.1, 0.15) is 12.5 Å². The molecule has 8 heteroatoms. The zero-order valence-corrected chi connectivity index (χ0v) is 15.9. The number of amidine groups is 2. The molecule has 2 aliphatic rings. The number of aliphatic imine (C=N–C) groups is 2. The number of thioether (sulfide) groups is 1. The standard InChI is InChI=1S/C19H15ClN4O2S/c1-11-18(26)24-17(21-11)14-7-2-3-8-15(14)23-19(24)27-10-16(25)22-13-6-4-5-12(20)9-13/h2-9,11H,10H2,1H3,(H,22,25)/t11-/m0/s1. The first-order valence-corrected chi connectivity index (χ1v) is 9.67. The monoisotopic (exact) mass is 398 g/mol. The third-order valence-electron chi connectivity index (χ3n) is 4.10. The minimum Gasteiger partial charge on any atom is -0.325 e. The van der Waals surface area contributed by atoms with Gasteiger partial charge in [-0.3, -0.25) is 14.6 Å². The van der Waals surface area contributed by atoms with Gasteiger partial charge < -0.3 is 5.32 Å². The van der Waals surface area contributed by atoms with Crippen LogP contribution in [0.4, 0.5) is 11.4 Å². The average Bonchev–Trinajstić information content (AvgIpc) is 2.95. The third-order valence-corrected chi connectivity index (χ3v) is 5.27. The van der Waals surface area contributed by atoms with Gasteiger partial charge in [0.2, 0.25) is 5.91 Å². The Hall–Kier alpha value is -2.64. The molecule has 2 aliphatic heterocycles. The number of carbonyl (C=O) groups is 2. The van der Waals surface area contributed by atoms with Crippen molar-refractivity contribution in [3.63, 3.8) is 0 Å². The van der Waals surface area contributed by atoms with E-state index in [9.17, 15) is 9.59 Å². The predicted octanol–water partition coefficient (Wildman–Crippen LogP) is 3.69. The van der Waals surface area contributed by atoms with Crippen LogP contribution >= 0.6 is 23.4 Å². The van der Waals surface area contributed by atoms with Crippen molar-refractivity contribution in [2.75, 3.05) is 11.1 Å². The van der Waals surface area contributed by atoms with Crippen LogP contribution in [0, 0.1) is 0 Å². The molecule has 2 amide bonds. The lowest BCUT2D eigenvalue weighted by atomic mass is 10.1. The second-order valence-corrected chi connectivity index (χ2v) is 7.44. The zero-order valence-electron chi connectivity index (χ0n) is 14.3. The molecule has 1 N–H and O–H groups in total. The highest BCUT2D eigenvalue weighted by Crippen LogP contribution is 2.33. The summed E-state index contributed by atoms with van der Waals surface area (Å²) in [6, 6.07) is 14.0. The van der Waals surface area contributed by atoms with Crippen molar-refractivity contribution < 1.29 is 9.59 Å². The zero-order chi connectivity index (χ0) is 19.0. The first-order chi connectivity index (χ1) is 13.0. The Balaban J connectivity index is 1.53. The van der Waals surface area contributed by atoms with Crippen LogP contribution in [-0.2, 0) is 9.59 Å². The fraction of sp³-hybridized carbons (Fsp3) is 0.158. The molecule has 4 rings (SSSR count). The van der Waals surface area contributed by atoms with Crippen LogP contribution in [0.2, 0.25) is 5.02 Å². The summed E-state index contributed by atoms with van der Waals surface area (Å²) < 4.78 is 0. The van der Waals surface area contributed by atoms with Gasteiger partial charge in [-0.05, 0) is 37.3 Å². The van der Waals surface area contributed by atoms with Crippen LogP contribution < -0.4 is 5.32 Å². The number of anilines is 1. The highest BCUT2D eigenvalue weighted by atomic mass is 35.5. The second kappa shape index (κ2) is 7.17. The molecular formula is C19H15ClN4O2S. The number of nitrogens with zero attached hydrogens (tertiary/aromatic N) is 3. The van der Waals surface area contributed by atoms with E-state index in [2.05, 4.69) is 15.3 Å². The number of rotatable bonds is 3. The van der Waals surface area contributed by atoms with Gasteiger partial charge in [0.1, 0.15) is 11.9 Å². The van der Waals surface area contributed by atoms with Crippen molar-refractivity contribution >= 4 is 57.6 Å². The molecule has 27 heavy (non-hydrogen) atoms. The summed E-state index contributed by atoms with van der Waals surface area (Å²) in [5.41, 5.74) is 2.19. The fourth-order valence-corrected chi connectivity index (χ4v) is 3.86. The minimum atomic E-state index is -0.461. The third kappa shape index (κ3) is 3.48. The molecule has 2 aromatic carbocycles. The van der Waals surface area contributed by atoms with Gasteiger partial charge in [-0.1, -0.05) is 41.6 Å². The highest BCUT2D eigenvalue weighted by molar-refractivity contribution is 8.14. The van der Waals surface area contributed by atoms with E-state index in [4.69, 9.17) is 11.6 Å². The van der Waals surface area contributed by atoms with Crippen LogP contribution in [0.5, 0.6) is 0 Å². The summed E-state index contributed by atoms with van der Waals surface area (Å²) in [5.74, 6) is 0.359. The summed E-state index contributed by atoms with van der Waals surface area (Å²) in [6.07, 6.45) is 0. The van der Waals surface area contributed by atoms with Crippen molar-refractivity contribution in [2.45, 2.75) is 13.0 Å². The van der Waals surface area contributed by atoms with Crippen molar-refractivity contribution in [1.82, 2.24) is 4.90 Å². The van der Waals surface area contributed by atoms with Gasteiger partial charge >= 0.3 is 0 Å². The Bertz CT molecular complexity index is 1000. The van der Waals surface area contributed by atoms with Gasteiger partial charge in [-0.15, -0.1) is 0 Å². The Morgan fingerprint density at radius 2 is 2.07 bits per heavy atom. The normalized spacial score (nSPS) is 17.8. The second-order valence-electron chi connectivity index (χ2n) is 6.06. The van der Waals surface area contributed by atoms with E-state index in [-0.39, 0.29) is 17.6 Å². The van der Waals surface area contributed by atoms with Gasteiger partial charge in [0.15, 0.2) is 5.17 Å². The molecule has 0 aliphatic carbocycles. The Morgan fingerprint density at radius 1 is 1.26 bits per heavy atom. The molecule has 6 nitrogen and oxygen atoms in total. The van der Waals surface area contributed by atoms with Crippen molar-refractivity contribution in [1.29, 1.82) is 0 Å². The Labute approximate surface area is 165 Å². The van der Waals surface area contributed by atoms with Gasteiger partial charge in [0.25, 0.3) is 5.91 Å². The number of hydrogen-bond acceptors (Lipinski definition) is 5. The number of hydrogen-bond donors (Lipinski definition) is 1. The molecule has 0 saturated heterocycles. The lowest BCUT2D eigenvalue weighted by Crippen LogP contribution is -2.41. The maximum atomic E-state index is 12.5. The largest absolute Gasteiger partial charge is 0.325 e. The van der Waals surface area contributed by atoms with Crippen molar-refractivity contribution in [2.24, 2.45) is 9.98 Å². The number of amides is 2. The average molecular weight is 399 g/mol. The molecule has 0 aromatic heterocycles. The van der Waals surface area contributed by atoms with E-state index in [1.165, 1.54) is 16.7 Å². The Morgan fingerprint density at radius 3 is 2.89 bits per heavy atom. The number of para-hydroxylation sites is 1. The molecular weight excluding hydrogens is 384 g/mol. The number of carbonyl (C=O) groups excluding carboxylic acids is 2. The summed E-state index contributed by atoms with van der Waals surface area (Å²) >= 11 is 7.14. The van der Waals surface area contributed by atoms with Crippen LogP contribution in [0.3, 0.4) is 0 Å². The molecule has 2 heterocycles. The summed E-state index contributed by atoms with van der Waals surface area (Å²) in [6.45, 7) is 1.75. The van der Waals surface area contributed by atoms with Gasteiger partial charge in [0, 0.05) is 16.3 Å². The van der Waals surface area contributed by atoms with Crippen LogP contribution in [0.25, 0.3) is 0 Å². The summed E-state index contributed by atoms with van der Waals surface area (Å²) in [5, 5.41) is 3.80. The lowest BCUT2D eigenvalue weighted by Gasteiger charge is -2.25. The Kier molecular flexibility index (Phi) is 4.72. The number of benzene rings is 2. The quantitative estimate of drug-likeness (QED) is 0.856. The van der Waals surface area contributed by atoms with E-state index in [1.807, 2.05) is 24.3 Å². The lowest BCUT2D eigenvalue weighted by molar-refractivity contribution is -0.124. The van der Waals surface area contributed by atoms with E-state index >= 15 is 0 Å². The fourth-order valence-electron chi connectivity index (χ4n) is 2.87. The van der Waals surface area contributed by atoms with Crippen LogP contribution in [0.15, 0.2) is 58.5 Å². The summed E-state index contributed by atoms with van der Waals surface area (Å²) in [7, 11) is 0. The number of halogens is 1. The van der Waals surface area contributed by atoms with Crippen molar-refractivity contribution in [3.8, 4) is 0 Å². The van der Waals surface area contributed by atoms with Crippen LogP contribution in [-0.4, -0.2) is 39.5 Å². The number of fused-ring (bicyclic) bond motifs is 3. The topological polar surface area (TPSA) is 74.1 Å².